The van der Waals surface area contributed by atoms with Gasteiger partial charge in [0.1, 0.15) is 11.9 Å². The highest BCUT2D eigenvalue weighted by atomic mass is 15.2. The van der Waals surface area contributed by atoms with Crippen LogP contribution in [0, 0.1) is 11.3 Å². The Kier molecular flexibility index (Phi) is 2.65. The molecule has 4 heteroatoms. The minimum Gasteiger partial charge on any atom is -0.358 e. The lowest BCUT2D eigenvalue weighted by Crippen LogP contribution is -2.31. The van der Waals surface area contributed by atoms with E-state index in [1.807, 2.05) is 12.1 Å². The van der Waals surface area contributed by atoms with Crippen LogP contribution in [0.25, 0.3) is 10.9 Å². The fourth-order valence-electron chi connectivity index (χ4n) is 3.08. The second kappa shape index (κ2) is 4.64. The molecular weight excluding hydrogens is 260 g/mol. The second-order valence-corrected chi connectivity index (χ2v) is 5.29. The van der Waals surface area contributed by atoms with E-state index in [1.165, 1.54) is 22.2 Å². The van der Waals surface area contributed by atoms with Gasteiger partial charge in [0, 0.05) is 47.9 Å². The first-order valence-electron chi connectivity index (χ1n) is 7.05. The van der Waals surface area contributed by atoms with E-state index in [1.54, 1.807) is 6.20 Å². The number of fused-ring (bicyclic) bond motifs is 3. The number of aromatic nitrogens is 2. The van der Waals surface area contributed by atoms with Crippen LogP contribution in [-0.2, 0) is 13.0 Å². The van der Waals surface area contributed by atoms with Gasteiger partial charge in [0.05, 0.1) is 5.56 Å². The molecule has 2 aromatic heterocycles. The number of nitriles is 1. The predicted octanol–water partition coefficient (Wildman–Crippen LogP) is 3.00. The zero-order valence-electron chi connectivity index (χ0n) is 11.5. The maximum atomic E-state index is 9.25. The Labute approximate surface area is 122 Å². The number of nitrogens with zero attached hydrogens (tertiary/aromatic N) is 3. The van der Waals surface area contributed by atoms with E-state index in [2.05, 4.69) is 45.2 Å². The Morgan fingerprint density at radius 1 is 1.19 bits per heavy atom. The molecular formula is C17H14N4. The van der Waals surface area contributed by atoms with E-state index in [-0.39, 0.29) is 0 Å². The molecule has 3 aromatic rings. The molecule has 0 fully saturated rings. The number of pyridine rings is 1. The molecule has 1 aromatic carbocycles. The molecule has 102 valence electrons. The maximum absolute atomic E-state index is 9.25. The van der Waals surface area contributed by atoms with Gasteiger partial charge in [-0.25, -0.2) is 4.98 Å². The Balaban J connectivity index is 1.78. The number of hydrogen-bond donors (Lipinski definition) is 1. The van der Waals surface area contributed by atoms with Crippen LogP contribution in [0.15, 0.2) is 42.6 Å². The van der Waals surface area contributed by atoms with E-state index in [4.69, 9.17) is 0 Å². The van der Waals surface area contributed by atoms with Crippen molar-refractivity contribution in [3.63, 3.8) is 0 Å². The number of H-pyrrole nitrogens is 1. The summed E-state index contributed by atoms with van der Waals surface area (Å²) in [7, 11) is 0. The lowest BCUT2D eigenvalue weighted by molar-refractivity contribution is 0.715. The second-order valence-electron chi connectivity index (χ2n) is 5.29. The molecule has 0 spiro atoms. The minimum atomic E-state index is 0.640. The van der Waals surface area contributed by atoms with Gasteiger partial charge in [-0.05, 0) is 18.2 Å². The predicted molar refractivity (Wildman–Crippen MR) is 82.0 cm³/mol. The quantitative estimate of drug-likeness (QED) is 0.742. The van der Waals surface area contributed by atoms with E-state index >= 15 is 0 Å². The fourth-order valence-corrected chi connectivity index (χ4v) is 3.08. The summed E-state index contributed by atoms with van der Waals surface area (Å²) < 4.78 is 0. The van der Waals surface area contributed by atoms with Crippen LogP contribution in [0.4, 0.5) is 5.82 Å². The first-order chi connectivity index (χ1) is 10.4. The van der Waals surface area contributed by atoms with Gasteiger partial charge < -0.3 is 9.88 Å². The Morgan fingerprint density at radius 2 is 2.10 bits per heavy atom. The smallest absolute Gasteiger partial charge is 0.146 e. The number of aromatic amines is 1. The standard InChI is InChI=1S/C17H14N4/c18-10-12-4-3-8-19-17(12)21-9-7-16-14(11-21)13-5-1-2-6-15(13)20-16/h1-6,8,20H,7,9,11H2. The van der Waals surface area contributed by atoms with Crippen molar-refractivity contribution < 1.29 is 0 Å². The Bertz CT molecular complexity index is 857. The van der Waals surface area contributed by atoms with Gasteiger partial charge in [-0.2, -0.15) is 5.26 Å². The number of para-hydroxylation sites is 1. The first-order valence-corrected chi connectivity index (χ1v) is 7.05. The number of nitrogens with one attached hydrogen (secondary N) is 1. The molecule has 3 heterocycles. The molecule has 21 heavy (non-hydrogen) atoms. The van der Waals surface area contributed by atoms with E-state index in [9.17, 15) is 5.26 Å². The van der Waals surface area contributed by atoms with Crippen LogP contribution in [-0.4, -0.2) is 16.5 Å². The van der Waals surface area contributed by atoms with Crippen molar-refractivity contribution in [1.82, 2.24) is 9.97 Å². The Hall–Kier alpha value is -2.80. The molecule has 4 nitrogen and oxygen atoms in total. The van der Waals surface area contributed by atoms with Crippen LogP contribution in [0.3, 0.4) is 0 Å². The number of hydrogen-bond acceptors (Lipinski definition) is 3. The van der Waals surface area contributed by atoms with Crippen LogP contribution in [0.2, 0.25) is 0 Å². The topological polar surface area (TPSA) is 55.7 Å². The number of anilines is 1. The van der Waals surface area contributed by atoms with Crippen molar-refractivity contribution >= 4 is 16.7 Å². The van der Waals surface area contributed by atoms with Crippen molar-refractivity contribution in [3.05, 3.63) is 59.4 Å². The lowest BCUT2D eigenvalue weighted by atomic mass is 10.0. The van der Waals surface area contributed by atoms with Crippen LogP contribution >= 0.6 is 0 Å². The summed E-state index contributed by atoms with van der Waals surface area (Å²) in [6, 6.07) is 14.2. The van der Waals surface area contributed by atoms with Gasteiger partial charge in [-0.15, -0.1) is 0 Å². The van der Waals surface area contributed by atoms with Gasteiger partial charge in [0.25, 0.3) is 0 Å². The average molecular weight is 274 g/mol. The molecule has 0 radical (unpaired) electrons. The van der Waals surface area contributed by atoms with E-state index in [0.717, 1.165) is 25.3 Å². The highest BCUT2D eigenvalue weighted by Gasteiger charge is 2.22. The lowest BCUT2D eigenvalue weighted by Gasteiger charge is -2.28. The highest BCUT2D eigenvalue weighted by molar-refractivity contribution is 5.85. The van der Waals surface area contributed by atoms with Gasteiger partial charge in [0.2, 0.25) is 0 Å². The highest BCUT2D eigenvalue weighted by Crippen LogP contribution is 2.30. The van der Waals surface area contributed by atoms with E-state index < -0.39 is 0 Å². The van der Waals surface area contributed by atoms with Gasteiger partial charge in [-0.3, -0.25) is 0 Å². The van der Waals surface area contributed by atoms with Crippen molar-refractivity contribution in [2.24, 2.45) is 0 Å². The molecule has 0 saturated heterocycles. The SMILES string of the molecule is N#Cc1cccnc1N1CCc2[nH]c3ccccc3c2C1. The molecule has 0 aliphatic carbocycles. The molecule has 0 atom stereocenters. The van der Waals surface area contributed by atoms with Crippen LogP contribution in [0.5, 0.6) is 0 Å². The largest absolute Gasteiger partial charge is 0.358 e. The number of rotatable bonds is 1. The average Bonchev–Trinajstić information content (AvgIpc) is 2.92. The van der Waals surface area contributed by atoms with Crippen LogP contribution in [0.1, 0.15) is 16.8 Å². The summed E-state index contributed by atoms with van der Waals surface area (Å²) in [5.41, 5.74) is 4.46. The van der Waals surface area contributed by atoms with Crippen LogP contribution < -0.4 is 4.90 Å². The first kappa shape index (κ1) is 12.0. The van der Waals surface area contributed by atoms with Crippen molar-refractivity contribution in [2.45, 2.75) is 13.0 Å². The molecule has 0 bridgehead atoms. The summed E-state index contributed by atoms with van der Waals surface area (Å²) >= 11 is 0. The fraction of sp³-hybridized carbons (Fsp3) is 0.176. The monoisotopic (exact) mass is 274 g/mol. The summed E-state index contributed by atoms with van der Waals surface area (Å²) in [5.74, 6) is 0.788. The summed E-state index contributed by atoms with van der Waals surface area (Å²) in [5, 5.41) is 10.5. The molecule has 0 saturated carbocycles. The van der Waals surface area contributed by atoms with Gasteiger partial charge in [-0.1, -0.05) is 18.2 Å². The Morgan fingerprint density at radius 3 is 3.00 bits per heavy atom. The molecule has 4 rings (SSSR count). The number of benzene rings is 1. The summed E-state index contributed by atoms with van der Waals surface area (Å²) in [6.45, 7) is 1.68. The van der Waals surface area contributed by atoms with E-state index in [0.29, 0.717) is 5.56 Å². The summed E-state index contributed by atoms with van der Waals surface area (Å²) in [4.78, 5) is 10.1. The van der Waals surface area contributed by atoms with Crippen molar-refractivity contribution in [1.29, 1.82) is 5.26 Å². The third-order valence-corrected chi connectivity index (χ3v) is 4.09. The molecule has 1 aliphatic heterocycles. The summed E-state index contributed by atoms with van der Waals surface area (Å²) in [6.07, 6.45) is 2.70. The van der Waals surface area contributed by atoms with Gasteiger partial charge >= 0.3 is 0 Å². The third-order valence-electron chi connectivity index (χ3n) is 4.09. The maximum Gasteiger partial charge on any atom is 0.146 e. The van der Waals surface area contributed by atoms with Crippen molar-refractivity contribution in [2.75, 3.05) is 11.4 Å². The molecule has 1 aliphatic rings. The molecule has 0 amide bonds. The van der Waals surface area contributed by atoms with Gasteiger partial charge in [0.15, 0.2) is 0 Å². The zero-order chi connectivity index (χ0) is 14.2. The third kappa shape index (κ3) is 1.86. The van der Waals surface area contributed by atoms with Crippen molar-refractivity contribution in [3.8, 4) is 6.07 Å². The molecule has 1 N–H and O–H groups in total. The minimum absolute atomic E-state index is 0.640. The zero-order valence-corrected chi connectivity index (χ0v) is 11.5. The normalized spacial score (nSPS) is 14.0. The molecule has 0 unspecified atom stereocenters.